The van der Waals surface area contributed by atoms with Crippen molar-refractivity contribution >= 4 is 23.2 Å². The van der Waals surface area contributed by atoms with Crippen molar-refractivity contribution in [1.29, 1.82) is 0 Å². The monoisotopic (exact) mass is 361 g/mol. The van der Waals surface area contributed by atoms with Gasteiger partial charge in [-0.3, -0.25) is 9.59 Å². The second kappa shape index (κ2) is 8.18. The normalized spacial score (nSPS) is 16.8. The zero-order valence-electron chi connectivity index (χ0n) is 16.5. The summed E-state index contributed by atoms with van der Waals surface area (Å²) in [5, 5.41) is 9.26. The van der Waals surface area contributed by atoms with E-state index in [2.05, 4.69) is 16.0 Å². The third kappa shape index (κ3) is 4.83. The van der Waals surface area contributed by atoms with E-state index >= 15 is 0 Å². The summed E-state index contributed by atoms with van der Waals surface area (Å²) in [6.07, 6.45) is 1.48. The van der Waals surface area contributed by atoms with Crippen LogP contribution in [0.15, 0.2) is 18.2 Å². The van der Waals surface area contributed by atoms with Crippen LogP contribution >= 0.6 is 0 Å². The molecule has 3 N–H and O–H groups in total. The molecule has 0 bridgehead atoms. The highest BCUT2D eigenvalue weighted by molar-refractivity contribution is 5.98. The molecule has 2 rings (SSSR count). The van der Waals surface area contributed by atoms with Crippen LogP contribution in [0, 0.1) is 17.8 Å². The Morgan fingerprint density at radius 2 is 1.85 bits per heavy atom. The lowest BCUT2D eigenvalue weighted by molar-refractivity contribution is -0.130. The largest absolute Gasteiger partial charge is 0.384 e. The molecule has 0 atom stereocenters. The van der Waals surface area contributed by atoms with Crippen LogP contribution in [0.25, 0.3) is 0 Å². The molecule has 26 heavy (non-hydrogen) atoms. The Hall–Kier alpha value is -1.92. The number of benzene rings is 1. The summed E-state index contributed by atoms with van der Waals surface area (Å²) in [5.41, 5.74) is 1.35. The second-order valence-electron chi connectivity index (χ2n) is 8.15. The maximum absolute atomic E-state index is 13.0. The molecule has 0 saturated carbocycles. The van der Waals surface area contributed by atoms with Gasteiger partial charge in [-0.15, -0.1) is 0 Å². The summed E-state index contributed by atoms with van der Waals surface area (Å²) in [5.74, 6) is -0.0870. The minimum absolute atomic E-state index is 0.0298. The SMILES string of the molecule is COCC1(C(=O)Nc2ccc(C)c(NC(=O)C(C)(C)C)c2)CCNCC1. The van der Waals surface area contributed by atoms with E-state index in [-0.39, 0.29) is 11.8 Å². The van der Waals surface area contributed by atoms with Gasteiger partial charge in [-0.05, 0) is 50.6 Å². The van der Waals surface area contributed by atoms with Crippen molar-refractivity contribution < 1.29 is 14.3 Å². The molecule has 1 aromatic rings. The molecule has 144 valence electrons. The molecule has 0 spiro atoms. The van der Waals surface area contributed by atoms with Crippen LogP contribution in [0.4, 0.5) is 11.4 Å². The standard InChI is InChI=1S/C20H31N3O3/c1-14-6-7-15(12-16(14)23-17(24)19(2,3)4)22-18(25)20(13-26-5)8-10-21-11-9-20/h6-7,12,21H,8-11,13H2,1-5H3,(H,22,25)(H,23,24). The van der Waals surface area contributed by atoms with E-state index in [1.807, 2.05) is 45.9 Å². The number of carbonyl (C=O) groups excluding carboxylic acids is 2. The van der Waals surface area contributed by atoms with Crippen LogP contribution in [0.2, 0.25) is 0 Å². The number of rotatable bonds is 5. The van der Waals surface area contributed by atoms with Crippen molar-refractivity contribution in [3.8, 4) is 0 Å². The first-order valence-corrected chi connectivity index (χ1v) is 9.11. The third-order valence-electron chi connectivity index (χ3n) is 4.89. The van der Waals surface area contributed by atoms with Crippen LogP contribution < -0.4 is 16.0 Å². The quantitative estimate of drug-likeness (QED) is 0.753. The number of methoxy groups -OCH3 is 1. The van der Waals surface area contributed by atoms with E-state index in [0.717, 1.165) is 31.5 Å². The van der Waals surface area contributed by atoms with Gasteiger partial charge in [0.15, 0.2) is 0 Å². The summed E-state index contributed by atoms with van der Waals surface area (Å²) >= 11 is 0. The first-order chi connectivity index (χ1) is 12.2. The van der Waals surface area contributed by atoms with E-state index in [9.17, 15) is 9.59 Å². The van der Waals surface area contributed by atoms with E-state index in [1.54, 1.807) is 7.11 Å². The van der Waals surface area contributed by atoms with Gasteiger partial charge in [-0.1, -0.05) is 26.8 Å². The topological polar surface area (TPSA) is 79.5 Å². The Morgan fingerprint density at radius 1 is 1.19 bits per heavy atom. The molecule has 0 aliphatic carbocycles. The summed E-state index contributed by atoms with van der Waals surface area (Å²) < 4.78 is 5.33. The Morgan fingerprint density at radius 3 is 2.42 bits per heavy atom. The van der Waals surface area contributed by atoms with Crippen LogP contribution in [-0.4, -0.2) is 38.6 Å². The fourth-order valence-corrected chi connectivity index (χ4v) is 3.03. The van der Waals surface area contributed by atoms with Gasteiger partial charge in [0.1, 0.15) is 0 Å². The average Bonchev–Trinajstić information content (AvgIpc) is 2.58. The number of aryl methyl sites for hydroxylation is 1. The first-order valence-electron chi connectivity index (χ1n) is 9.11. The smallest absolute Gasteiger partial charge is 0.233 e. The molecule has 1 saturated heterocycles. The van der Waals surface area contributed by atoms with Crippen LogP contribution in [0.3, 0.4) is 0 Å². The summed E-state index contributed by atoms with van der Waals surface area (Å²) in [7, 11) is 1.63. The Kier molecular flexibility index (Phi) is 6.42. The molecule has 1 aliphatic heterocycles. The van der Waals surface area contributed by atoms with Gasteiger partial charge in [-0.25, -0.2) is 0 Å². The highest BCUT2D eigenvalue weighted by Crippen LogP contribution is 2.32. The molecule has 0 unspecified atom stereocenters. The van der Waals surface area contributed by atoms with E-state index < -0.39 is 10.8 Å². The van der Waals surface area contributed by atoms with Crippen molar-refractivity contribution in [1.82, 2.24) is 5.32 Å². The number of hydrogen-bond acceptors (Lipinski definition) is 4. The lowest BCUT2D eigenvalue weighted by Gasteiger charge is -2.35. The molecule has 6 heteroatoms. The number of nitrogens with one attached hydrogen (secondary N) is 3. The third-order valence-corrected chi connectivity index (χ3v) is 4.89. The lowest BCUT2D eigenvalue weighted by Crippen LogP contribution is -2.47. The fraction of sp³-hybridized carbons (Fsp3) is 0.600. The minimum atomic E-state index is -0.514. The fourth-order valence-electron chi connectivity index (χ4n) is 3.03. The molecular weight excluding hydrogens is 330 g/mol. The highest BCUT2D eigenvalue weighted by Gasteiger charge is 2.39. The lowest BCUT2D eigenvalue weighted by atomic mass is 9.78. The number of amides is 2. The van der Waals surface area contributed by atoms with Crippen LogP contribution in [0.1, 0.15) is 39.2 Å². The van der Waals surface area contributed by atoms with Crippen molar-refractivity contribution in [2.45, 2.75) is 40.5 Å². The number of carbonyl (C=O) groups is 2. The van der Waals surface area contributed by atoms with Crippen molar-refractivity contribution in [2.75, 3.05) is 37.4 Å². The molecule has 2 amide bonds. The molecule has 0 aromatic heterocycles. The summed E-state index contributed by atoms with van der Waals surface area (Å²) in [6.45, 7) is 9.55. The Bertz CT molecular complexity index is 653. The maximum atomic E-state index is 13.0. The van der Waals surface area contributed by atoms with Gasteiger partial charge in [0, 0.05) is 23.9 Å². The number of ether oxygens (including phenoxy) is 1. The molecule has 1 aliphatic rings. The predicted octanol–water partition coefficient (Wildman–Crippen LogP) is 2.93. The molecule has 0 radical (unpaired) electrons. The molecule has 1 aromatic carbocycles. The zero-order chi connectivity index (χ0) is 19.4. The van der Waals surface area contributed by atoms with Gasteiger partial charge >= 0.3 is 0 Å². The summed E-state index contributed by atoms with van der Waals surface area (Å²) in [6, 6.07) is 5.58. The number of hydrogen-bond donors (Lipinski definition) is 3. The van der Waals surface area contributed by atoms with Gasteiger partial charge in [0.25, 0.3) is 0 Å². The zero-order valence-corrected chi connectivity index (χ0v) is 16.5. The second-order valence-corrected chi connectivity index (χ2v) is 8.15. The van der Waals surface area contributed by atoms with E-state index in [0.29, 0.717) is 18.0 Å². The van der Waals surface area contributed by atoms with E-state index in [1.165, 1.54) is 0 Å². The van der Waals surface area contributed by atoms with Gasteiger partial charge in [0.05, 0.1) is 12.0 Å². The van der Waals surface area contributed by atoms with Gasteiger partial charge in [0.2, 0.25) is 11.8 Å². The average molecular weight is 361 g/mol. The Labute approximate surface area is 156 Å². The van der Waals surface area contributed by atoms with Crippen molar-refractivity contribution in [2.24, 2.45) is 10.8 Å². The minimum Gasteiger partial charge on any atom is -0.384 e. The van der Waals surface area contributed by atoms with Gasteiger partial charge < -0.3 is 20.7 Å². The predicted molar refractivity (Wildman–Crippen MR) is 104 cm³/mol. The molecular formula is C20H31N3O3. The highest BCUT2D eigenvalue weighted by atomic mass is 16.5. The van der Waals surface area contributed by atoms with E-state index in [4.69, 9.17) is 4.74 Å². The maximum Gasteiger partial charge on any atom is 0.233 e. The van der Waals surface area contributed by atoms with Gasteiger partial charge in [-0.2, -0.15) is 0 Å². The van der Waals surface area contributed by atoms with Crippen LogP contribution in [-0.2, 0) is 14.3 Å². The molecule has 6 nitrogen and oxygen atoms in total. The first kappa shape index (κ1) is 20.4. The molecule has 1 heterocycles. The Balaban J connectivity index is 2.17. The van der Waals surface area contributed by atoms with Crippen LogP contribution in [0.5, 0.6) is 0 Å². The number of anilines is 2. The van der Waals surface area contributed by atoms with Crippen molar-refractivity contribution in [3.63, 3.8) is 0 Å². The molecule has 1 fully saturated rings. The number of piperidine rings is 1. The van der Waals surface area contributed by atoms with Crippen molar-refractivity contribution in [3.05, 3.63) is 23.8 Å². The summed E-state index contributed by atoms with van der Waals surface area (Å²) in [4.78, 5) is 25.2.